The summed E-state index contributed by atoms with van der Waals surface area (Å²) in [6.07, 6.45) is 3.45. The molecule has 1 N–H and O–H groups in total. The van der Waals surface area contributed by atoms with Gasteiger partial charge >= 0.3 is 0 Å². The molecule has 2 aromatic heterocycles. The third-order valence-corrected chi connectivity index (χ3v) is 3.33. The predicted molar refractivity (Wildman–Crippen MR) is 67.3 cm³/mol. The lowest BCUT2D eigenvalue weighted by Gasteiger charge is -2.23. The molecule has 17 heavy (non-hydrogen) atoms. The number of anilines is 1. The fourth-order valence-corrected chi connectivity index (χ4v) is 2.10. The van der Waals surface area contributed by atoms with Gasteiger partial charge in [-0.3, -0.25) is 0 Å². The number of ether oxygens (including phenoxy) is 1. The Balaban J connectivity index is 2.20. The van der Waals surface area contributed by atoms with Crippen LogP contribution in [0.15, 0.2) is 23.8 Å². The fraction of sp³-hybridized carbons (Fsp3) is 0.364. The molecule has 2 heterocycles. The van der Waals surface area contributed by atoms with Gasteiger partial charge in [-0.2, -0.15) is 4.98 Å². The summed E-state index contributed by atoms with van der Waals surface area (Å²) in [7, 11) is 1.58. The van der Waals surface area contributed by atoms with Gasteiger partial charge in [0.05, 0.1) is 12.6 Å². The summed E-state index contributed by atoms with van der Waals surface area (Å²) in [5.41, 5.74) is -0.305. The monoisotopic (exact) mass is 250 g/mol. The Bertz CT molecular complexity index is 484. The molecule has 0 aliphatic heterocycles. The zero-order valence-corrected chi connectivity index (χ0v) is 10.8. The Hall–Kier alpha value is -1.69. The van der Waals surface area contributed by atoms with Crippen LogP contribution in [-0.2, 0) is 5.54 Å². The fourth-order valence-electron chi connectivity index (χ4n) is 1.38. The minimum absolute atomic E-state index is 0.305. The first-order valence-electron chi connectivity index (χ1n) is 5.17. The molecule has 0 saturated heterocycles. The Morgan fingerprint density at radius 3 is 2.76 bits per heavy atom. The lowest BCUT2D eigenvalue weighted by molar-refractivity contribution is 0.397. The number of hydrogen-bond donors (Lipinski definition) is 1. The molecule has 90 valence electrons. The Kier molecular flexibility index (Phi) is 3.23. The summed E-state index contributed by atoms with van der Waals surface area (Å²) < 4.78 is 5.06. The summed E-state index contributed by atoms with van der Waals surface area (Å²) in [4.78, 5) is 12.7. The highest BCUT2D eigenvalue weighted by Gasteiger charge is 2.24. The van der Waals surface area contributed by atoms with Crippen molar-refractivity contribution in [1.29, 1.82) is 0 Å². The zero-order chi connectivity index (χ0) is 12.3. The first-order valence-corrected chi connectivity index (χ1v) is 6.05. The SMILES string of the molecule is COc1ccnc(NC(C)(C)c2nccs2)n1. The van der Waals surface area contributed by atoms with Crippen molar-refractivity contribution in [2.24, 2.45) is 0 Å². The van der Waals surface area contributed by atoms with Crippen LogP contribution < -0.4 is 10.1 Å². The van der Waals surface area contributed by atoms with Crippen molar-refractivity contribution in [2.45, 2.75) is 19.4 Å². The smallest absolute Gasteiger partial charge is 0.226 e. The second-order valence-electron chi connectivity index (χ2n) is 4.01. The third-order valence-electron chi connectivity index (χ3n) is 2.23. The molecule has 2 aromatic rings. The van der Waals surface area contributed by atoms with Gasteiger partial charge in [-0.1, -0.05) is 0 Å². The molecule has 0 aliphatic carbocycles. The van der Waals surface area contributed by atoms with E-state index in [0.29, 0.717) is 11.8 Å². The average molecular weight is 250 g/mol. The topological polar surface area (TPSA) is 59.9 Å². The first-order chi connectivity index (χ1) is 8.12. The number of methoxy groups -OCH3 is 1. The molecule has 0 aliphatic rings. The summed E-state index contributed by atoms with van der Waals surface area (Å²) in [5.74, 6) is 1.07. The van der Waals surface area contributed by atoms with Crippen molar-refractivity contribution >= 4 is 17.3 Å². The highest BCUT2D eigenvalue weighted by Crippen LogP contribution is 2.25. The van der Waals surface area contributed by atoms with Crippen molar-refractivity contribution < 1.29 is 4.74 Å². The zero-order valence-electron chi connectivity index (χ0n) is 9.97. The quantitative estimate of drug-likeness (QED) is 0.902. The van der Waals surface area contributed by atoms with Crippen LogP contribution in [0.3, 0.4) is 0 Å². The van der Waals surface area contributed by atoms with Gasteiger partial charge in [0.15, 0.2) is 0 Å². The maximum Gasteiger partial charge on any atom is 0.226 e. The largest absolute Gasteiger partial charge is 0.481 e. The van der Waals surface area contributed by atoms with Crippen LogP contribution >= 0.6 is 11.3 Å². The van der Waals surface area contributed by atoms with E-state index in [-0.39, 0.29) is 5.54 Å². The van der Waals surface area contributed by atoms with Gasteiger partial charge in [0.1, 0.15) is 5.01 Å². The van der Waals surface area contributed by atoms with E-state index >= 15 is 0 Å². The van der Waals surface area contributed by atoms with Crippen LogP contribution in [0.25, 0.3) is 0 Å². The van der Waals surface area contributed by atoms with Gasteiger partial charge in [-0.15, -0.1) is 11.3 Å². The molecular weight excluding hydrogens is 236 g/mol. The molecule has 0 radical (unpaired) electrons. The van der Waals surface area contributed by atoms with Crippen molar-refractivity contribution in [3.05, 3.63) is 28.8 Å². The van der Waals surface area contributed by atoms with Crippen LogP contribution in [0.4, 0.5) is 5.95 Å². The molecule has 0 amide bonds. The summed E-state index contributed by atoms with van der Waals surface area (Å²) in [6, 6.07) is 1.71. The Labute approximate surface area is 104 Å². The molecule has 6 heteroatoms. The second-order valence-corrected chi connectivity index (χ2v) is 4.90. The van der Waals surface area contributed by atoms with Gasteiger partial charge in [-0.05, 0) is 13.8 Å². The van der Waals surface area contributed by atoms with E-state index in [4.69, 9.17) is 4.74 Å². The van der Waals surface area contributed by atoms with E-state index in [1.54, 1.807) is 36.9 Å². The molecule has 0 unspecified atom stereocenters. The standard InChI is InChI=1S/C11H14N4OS/c1-11(2,9-12-6-7-17-9)15-10-13-5-4-8(14-10)16-3/h4-7H,1-3H3,(H,13,14,15). The van der Waals surface area contributed by atoms with E-state index in [1.165, 1.54) is 0 Å². The number of thiazole rings is 1. The molecule has 0 atom stereocenters. The third kappa shape index (κ3) is 2.71. The molecular formula is C11H14N4OS. The van der Waals surface area contributed by atoms with Gasteiger partial charge < -0.3 is 10.1 Å². The molecule has 2 rings (SSSR count). The Morgan fingerprint density at radius 2 is 2.12 bits per heavy atom. The van der Waals surface area contributed by atoms with Gasteiger partial charge in [-0.25, -0.2) is 9.97 Å². The molecule has 0 aromatic carbocycles. The number of hydrogen-bond acceptors (Lipinski definition) is 6. The van der Waals surface area contributed by atoms with Crippen LogP contribution in [-0.4, -0.2) is 22.1 Å². The van der Waals surface area contributed by atoms with Crippen LogP contribution in [0, 0.1) is 0 Å². The average Bonchev–Trinajstić information content (AvgIpc) is 2.83. The van der Waals surface area contributed by atoms with Crippen LogP contribution in [0.5, 0.6) is 5.88 Å². The van der Waals surface area contributed by atoms with E-state index in [2.05, 4.69) is 20.3 Å². The lowest BCUT2D eigenvalue weighted by atomic mass is 10.1. The number of nitrogens with one attached hydrogen (secondary N) is 1. The van der Waals surface area contributed by atoms with Gasteiger partial charge in [0.25, 0.3) is 0 Å². The van der Waals surface area contributed by atoms with Crippen molar-refractivity contribution in [2.75, 3.05) is 12.4 Å². The summed E-state index contributed by atoms with van der Waals surface area (Å²) in [6.45, 7) is 4.07. The highest BCUT2D eigenvalue weighted by atomic mass is 32.1. The van der Waals surface area contributed by atoms with E-state index in [9.17, 15) is 0 Å². The summed E-state index contributed by atoms with van der Waals surface area (Å²) >= 11 is 1.60. The summed E-state index contributed by atoms with van der Waals surface area (Å²) in [5, 5.41) is 6.18. The molecule has 0 saturated carbocycles. The maximum atomic E-state index is 5.06. The van der Waals surface area contributed by atoms with Crippen molar-refractivity contribution in [3.8, 4) is 5.88 Å². The minimum Gasteiger partial charge on any atom is -0.481 e. The lowest BCUT2D eigenvalue weighted by Crippen LogP contribution is -2.28. The molecule has 5 nitrogen and oxygen atoms in total. The number of aromatic nitrogens is 3. The molecule has 0 bridgehead atoms. The van der Waals surface area contributed by atoms with E-state index in [1.807, 2.05) is 19.2 Å². The second kappa shape index (κ2) is 4.67. The van der Waals surface area contributed by atoms with Gasteiger partial charge in [0.2, 0.25) is 11.8 Å². The number of nitrogens with zero attached hydrogens (tertiary/aromatic N) is 3. The van der Waals surface area contributed by atoms with E-state index < -0.39 is 0 Å². The maximum absolute atomic E-state index is 5.06. The van der Waals surface area contributed by atoms with Crippen molar-refractivity contribution in [1.82, 2.24) is 15.0 Å². The highest BCUT2D eigenvalue weighted by molar-refractivity contribution is 7.09. The molecule has 0 fully saturated rings. The van der Waals surface area contributed by atoms with Gasteiger partial charge in [0, 0.05) is 23.8 Å². The normalized spacial score (nSPS) is 11.2. The minimum atomic E-state index is -0.305. The predicted octanol–water partition coefficient (Wildman–Crippen LogP) is 2.29. The van der Waals surface area contributed by atoms with Crippen LogP contribution in [0.2, 0.25) is 0 Å². The first kappa shape index (κ1) is 11.8. The molecule has 0 spiro atoms. The van der Waals surface area contributed by atoms with Crippen molar-refractivity contribution in [3.63, 3.8) is 0 Å². The van der Waals surface area contributed by atoms with Crippen LogP contribution in [0.1, 0.15) is 18.9 Å². The van der Waals surface area contributed by atoms with E-state index in [0.717, 1.165) is 5.01 Å². The number of rotatable bonds is 4. The Morgan fingerprint density at radius 1 is 1.29 bits per heavy atom.